The first kappa shape index (κ1) is 15.9. The fourth-order valence-electron chi connectivity index (χ4n) is 3.09. The van der Waals surface area contributed by atoms with Crippen LogP contribution in [0.1, 0.15) is 23.9 Å². The van der Waals surface area contributed by atoms with Gasteiger partial charge in [0.05, 0.1) is 18.0 Å². The molecule has 2 heterocycles. The quantitative estimate of drug-likeness (QED) is 0.848. The number of rotatable bonds is 5. The fourth-order valence-corrected chi connectivity index (χ4v) is 3.09. The van der Waals surface area contributed by atoms with E-state index in [0.717, 1.165) is 49.9 Å². The lowest BCUT2D eigenvalue weighted by molar-refractivity contribution is 0.246. The highest BCUT2D eigenvalue weighted by atomic mass is 16.5. The zero-order valence-electron chi connectivity index (χ0n) is 14.2. The molecule has 1 aliphatic rings. The zero-order chi connectivity index (χ0) is 16.2. The van der Waals surface area contributed by atoms with Gasteiger partial charge in [0.1, 0.15) is 11.5 Å². The zero-order valence-corrected chi connectivity index (χ0v) is 14.2. The minimum atomic E-state index is 0.697. The Kier molecular flexibility index (Phi) is 4.86. The summed E-state index contributed by atoms with van der Waals surface area (Å²) in [5, 5.41) is 4.05. The molecule has 3 rings (SSSR count). The number of benzene rings is 1. The average Bonchev–Trinajstić information content (AvgIpc) is 2.88. The first-order valence-corrected chi connectivity index (χ1v) is 8.30. The maximum atomic E-state index is 5.76. The molecule has 1 aliphatic heterocycles. The van der Waals surface area contributed by atoms with Crippen LogP contribution in [0.4, 0.5) is 5.69 Å². The number of piperazine rings is 1. The summed E-state index contributed by atoms with van der Waals surface area (Å²) >= 11 is 0. The summed E-state index contributed by atoms with van der Waals surface area (Å²) in [6, 6.07) is 8.31. The number of para-hydroxylation sites is 2. The second-order valence-electron chi connectivity index (χ2n) is 5.97. The standard InChI is InChI=1S/C18H25N3O2/c1-4-22-18-8-6-5-7-17(18)21-11-9-20(10-12-21)13-16-14(2)19-23-15(16)3/h5-8H,4,9-13H2,1-3H3. The van der Waals surface area contributed by atoms with Crippen LogP contribution in [0.2, 0.25) is 0 Å². The molecule has 0 spiro atoms. The molecule has 0 saturated carbocycles. The average molecular weight is 315 g/mol. The molecule has 0 amide bonds. The Bertz CT molecular complexity index is 626. The van der Waals surface area contributed by atoms with E-state index >= 15 is 0 Å². The molecule has 2 aromatic rings. The van der Waals surface area contributed by atoms with Gasteiger partial charge < -0.3 is 14.2 Å². The molecule has 23 heavy (non-hydrogen) atoms. The molecule has 0 aliphatic carbocycles. The molecular formula is C18H25N3O2. The normalized spacial score (nSPS) is 15.9. The minimum absolute atomic E-state index is 0.697. The maximum Gasteiger partial charge on any atom is 0.142 e. The van der Waals surface area contributed by atoms with Crippen LogP contribution in [-0.2, 0) is 6.54 Å². The predicted molar refractivity (Wildman–Crippen MR) is 91.1 cm³/mol. The largest absolute Gasteiger partial charge is 0.492 e. The molecule has 5 heteroatoms. The molecule has 1 aromatic heterocycles. The number of anilines is 1. The van der Waals surface area contributed by atoms with E-state index in [4.69, 9.17) is 9.26 Å². The lowest BCUT2D eigenvalue weighted by Gasteiger charge is -2.36. The van der Waals surface area contributed by atoms with Crippen LogP contribution >= 0.6 is 0 Å². The smallest absolute Gasteiger partial charge is 0.142 e. The molecule has 0 bridgehead atoms. The van der Waals surface area contributed by atoms with Crippen molar-refractivity contribution in [1.82, 2.24) is 10.1 Å². The van der Waals surface area contributed by atoms with Crippen molar-refractivity contribution in [3.8, 4) is 5.75 Å². The maximum absolute atomic E-state index is 5.76. The molecular weight excluding hydrogens is 290 g/mol. The van der Waals surface area contributed by atoms with E-state index in [2.05, 4.69) is 33.2 Å². The van der Waals surface area contributed by atoms with Gasteiger partial charge in [-0.1, -0.05) is 17.3 Å². The highest BCUT2D eigenvalue weighted by Crippen LogP contribution is 2.29. The first-order chi connectivity index (χ1) is 11.2. The van der Waals surface area contributed by atoms with Gasteiger partial charge in [-0.2, -0.15) is 0 Å². The van der Waals surface area contributed by atoms with Crippen molar-refractivity contribution in [3.05, 3.63) is 41.3 Å². The summed E-state index contributed by atoms with van der Waals surface area (Å²) in [7, 11) is 0. The van der Waals surface area contributed by atoms with Crippen molar-refractivity contribution in [2.24, 2.45) is 0 Å². The number of hydrogen-bond donors (Lipinski definition) is 0. The van der Waals surface area contributed by atoms with E-state index < -0.39 is 0 Å². The highest BCUT2D eigenvalue weighted by molar-refractivity contribution is 5.58. The van der Waals surface area contributed by atoms with Crippen LogP contribution in [0.25, 0.3) is 0 Å². The Balaban J connectivity index is 1.63. The van der Waals surface area contributed by atoms with Crippen molar-refractivity contribution in [2.45, 2.75) is 27.3 Å². The summed E-state index contributed by atoms with van der Waals surface area (Å²) in [6.45, 7) is 11.7. The summed E-state index contributed by atoms with van der Waals surface area (Å²) in [6.07, 6.45) is 0. The molecule has 0 atom stereocenters. The second-order valence-corrected chi connectivity index (χ2v) is 5.97. The molecule has 0 N–H and O–H groups in total. The number of aryl methyl sites for hydroxylation is 2. The van der Waals surface area contributed by atoms with Crippen LogP contribution in [0.15, 0.2) is 28.8 Å². The SMILES string of the molecule is CCOc1ccccc1N1CCN(Cc2c(C)noc2C)CC1. The molecule has 1 fully saturated rings. The number of aromatic nitrogens is 1. The third-order valence-electron chi connectivity index (χ3n) is 4.44. The highest BCUT2D eigenvalue weighted by Gasteiger charge is 2.21. The Morgan fingerprint density at radius 2 is 1.87 bits per heavy atom. The summed E-state index contributed by atoms with van der Waals surface area (Å²) in [5.74, 6) is 1.92. The molecule has 0 radical (unpaired) electrons. The third-order valence-corrected chi connectivity index (χ3v) is 4.44. The predicted octanol–water partition coefficient (Wildman–Crippen LogP) is 3.01. The van der Waals surface area contributed by atoms with Crippen molar-refractivity contribution in [1.29, 1.82) is 0 Å². The van der Waals surface area contributed by atoms with Gasteiger partial charge in [0.25, 0.3) is 0 Å². The topological polar surface area (TPSA) is 41.7 Å². The van der Waals surface area contributed by atoms with Gasteiger partial charge in [-0.15, -0.1) is 0 Å². The molecule has 1 saturated heterocycles. The van der Waals surface area contributed by atoms with E-state index in [1.165, 1.54) is 11.3 Å². The molecule has 124 valence electrons. The summed E-state index contributed by atoms with van der Waals surface area (Å²) in [5.41, 5.74) is 3.44. The van der Waals surface area contributed by atoms with Crippen LogP contribution < -0.4 is 9.64 Å². The van der Waals surface area contributed by atoms with Crippen LogP contribution in [-0.4, -0.2) is 42.8 Å². The lowest BCUT2D eigenvalue weighted by Crippen LogP contribution is -2.46. The van der Waals surface area contributed by atoms with Crippen LogP contribution in [0.5, 0.6) is 5.75 Å². The van der Waals surface area contributed by atoms with E-state index in [1.54, 1.807) is 0 Å². The van der Waals surface area contributed by atoms with Gasteiger partial charge in [0.15, 0.2) is 0 Å². The van der Waals surface area contributed by atoms with E-state index in [1.807, 2.05) is 26.8 Å². The van der Waals surface area contributed by atoms with E-state index in [-0.39, 0.29) is 0 Å². The van der Waals surface area contributed by atoms with Gasteiger partial charge in [0.2, 0.25) is 0 Å². The Morgan fingerprint density at radius 3 is 2.52 bits per heavy atom. The van der Waals surface area contributed by atoms with Crippen LogP contribution in [0.3, 0.4) is 0 Å². The third kappa shape index (κ3) is 3.50. The lowest BCUT2D eigenvalue weighted by atomic mass is 10.1. The minimum Gasteiger partial charge on any atom is -0.492 e. The van der Waals surface area contributed by atoms with E-state index in [9.17, 15) is 0 Å². The van der Waals surface area contributed by atoms with Crippen molar-refractivity contribution < 1.29 is 9.26 Å². The van der Waals surface area contributed by atoms with Gasteiger partial charge in [-0.05, 0) is 32.9 Å². The monoisotopic (exact) mass is 315 g/mol. The summed E-state index contributed by atoms with van der Waals surface area (Å²) < 4.78 is 11.0. The van der Waals surface area contributed by atoms with Crippen LogP contribution in [0, 0.1) is 13.8 Å². The number of ether oxygens (including phenoxy) is 1. The Hall–Kier alpha value is -2.01. The van der Waals surface area contributed by atoms with Gasteiger partial charge in [0, 0.05) is 38.3 Å². The van der Waals surface area contributed by atoms with Crippen molar-refractivity contribution >= 4 is 5.69 Å². The second kappa shape index (κ2) is 7.04. The summed E-state index contributed by atoms with van der Waals surface area (Å²) in [4.78, 5) is 4.88. The van der Waals surface area contributed by atoms with E-state index in [0.29, 0.717) is 6.61 Å². The molecule has 0 unspecified atom stereocenters. The fraction of sp³-hybridized carbons (Fsp3) is 0.500. The molecule has 5 nitrogen and oxygen atoms in total. The van der Waals surface area contributed by atoms with Gasteiger partial charge in [-0.25, -0.2) is 0 Å². The van der Waals surface area contributed by atoms with Gasteiger partial charge >= 0.3 is 0 Å². The van der Waals surface area contributed by atoms with Crippen molar-refractivity contribution in [3.63, 3.8) is 0 Å². The number of hydrogen-bond acceptors (Lipinski definition) is 5. The Morgan fingerprint density at radius 1 is 1.13 bits per heavy atom. The Labute approximate surface area is 137 Å². The first-order valence-electron chi connectivity index (χ1n) is 8.30. The van der Waals surface area contributed by atoms with Gasteiger partial charge in [-0.3, -0.25) is 4.90 Å². The number of nitrogens with zero attached hydrogens (tertiary/aromatic N) is 3. The molecule has 1 aromatic carbocycles. The van der Waals surface area contributed by atoms with Crippen molar-refractivity contribution in [2.75, 3.05) is 37.7 Å².